The van der Waals surface area contributed by atoms with Gasteiger partial charge in [-0.2, -0.15) is 0 Å². The predicted octanol–water partition coefficient (Wildman–Crippen LogP) is 18.2. The minimum atomic E-state index is -0.647. The first-order valence-corrected chi connectivity index (χ1v) is 24.2. The number of rotatable bonds is 4. The van der Waals surface area contributed by atoms with Gasteiger partial charge < -0.3 is 14.2 Å². The van der Waals surface area contributed by atoms with E-state index in [2.05, 4.69) is 265 Å². The third kappa shape index (κ3) is 5.34. The molecule has 12 aromatic rings. The van der Waals surface area contributed by atoms with Gasteiger partial charge in [-0.1, -0.05) is 182 Å². The predicted molar refractivity (Wildman–Crippen MR) is 289 cm³/mol. The number of para-hydroxylation sites is 5. The van der Waals surface area contributed by atoms with Crippen molar-refractivity contribution in [2.45, 2.75) is 5.41 Å². The zero-order chi connectivity index (χ0) is 45.9. The Labute approximate surface area is 406 Å². The van der Waals surface area contributed by atoms with Crippen LogP contribution < -0.4 is 9.80 Å². The fraction of sp³-hybridized carbons (Fsp3) is 0.0149. The van der Waals surface area contributed by atoms with Crippen molar-refractivity contribution < 1.29 is 4.42 Å². The van der Waals surface area contributed by atoms with E-state index in [0.717, 1.165) is 50.7 Å². The molecule has 1 unspecified atom stereocenters. The number of anilines is 6. The van der Waals surface area contributed by atoms with Crippen LogP contribution in [0.1, 0.15) is 22.3 Å². The molecule has 70 heavy (non-hydrogen) atoms. The summed E-state index contributed by atoms with van der Waals surface area (Å²) in [5, 5.41) is 2.31. The molecule has 11 aromatic carbocycles. The lowest BCUT2D eigenvalue weighted by Crippen LogP contribution is -2.29. The van der Waals surface area contributed by atoms with Crippen molar-refractivity contribution in [1.82, 2.24) is 0 Å². The van der Waals surface area contributed by atoms with Crippen LogP contribution in [0.5, 0.6) is 0 Å². The van der Waals surface area contributed by atoms with Gasteiger partial charge in [-0.3, -0.25) is 0 Å². The highest BCUT2D eigenvalue weighted by Gasteiger charge is 2.50. The summed E-state index contributed by atoms with van der Waals surface area (Å²) in [4.78, 5) is 4.86. The Morgan fingerprint density at radius 2 is 0.814 bits per heavy atom. The van der Waals surface area contributed by atoms with Crippen molar-refractivity contribution in [3.63, 3.8) is 0 Å². The molecule has 2 heterocycles. The second-order valence-electron chi connectivity index (χ2n) is 18.7. The van der Waals surface area contributed by atoms with Crippen LogP contribution in [0.4, 0.5) is 34.1 Å². The van der Waals surface area contributed by atoms with Gasteiger partial charge in [0.2, 0.25) is 0 Å². The fourth-order valence-corrected chi connectivity index (χ4v) is 12.5. The number of benzene rings is 11. The standard InChI is InChI=1S/C67H42N2O/c1-3-19-43(20-4-1)68(45-35-37-49-51-26-11-16-32-61(51)69(44-21-5-2-6-22-44)62-33-17-12-27-52(62)55(49)41-45)46-36-38-59-56(42-46)48-24-8-7-23-47(48)50-25-9-14-30-57(50)67(59)58-31-15-10-28-53(58)65-60(67)39-40-64-66(65)54-29-13-18-34-63(54)70-64/h1-42H. The lowest BCUT2D eigenvalue weighted by atomic mass is 9.66. The Bertz CT molecular complexity index is 4090. The van der Waals surface area contributed by atoms with Gasteiger partial charge in [0.1, 0.15) is 11.2 Å². The summed E-state index contributed by atoms with van der Waals surface area (Å²) in [5.74, 6) is 0. The normalized spacial score (nSPS) is 14.6. The summed E-state index contributed by atoms with van der Waals surface area (Å²) in [6.45, 7) is 0. The van der Waals surface area contributed by atoms with Crippen LogP contribution in [0.25, 0.3) is 77.6 Å². The van der Waals surface area contributed by atoms with Crippen LogP contribution in [-0.4, -0.2) is 0 Å². The first-order chi connectivity index (χ1) is 34.8. The molecule has 1 spiro atoms. The number of furan rings is 1. The molecular formula is C67H42N2O. The van der Waals surface area contributed by atoms with Crippen molar-refractivity contribution in [2.75, 3.05) is 9.80 Å². The Morgan fingerprint density at radius 3 is 1.56 bits per heavy atom. The third-order valence-electron chi connectivity index (χ3n) is 15.2. The number of hydrogen-bond acceptors (Lipinski definition) is 3. The molecule has 0 amide bonds. The zero-order valence-electron chi connectivity index (χ0n) is 38.1. The van der Waals surface area contributed by atoms with Gasteiger partial charge in [0.25, 0.3) is 0 Å². The lowest BCUT2D eigenvalue weighted by Gasteiger charge is -2.36. The molecule has 0 saturated carbocycles. The molecule has 3 nitrogen and oxygen atoms in total. The molecule has 0 radical (unpaired) electrons. The molecule has 1 atom stereocenters. The maximum absolute atomic E-state index is 6.60. The van der Waals surface area contributed by atoms with E-state index >= 15 is 0 Å². The van der Waals surface area contributed by atoms with E-state index in [0.29, 0.717) is 0 Å². The van der Waals surface area contributed by atoms with E-state index in [1.54, 1.807) is 0 Å². The topological polar surface area (TPSA) is 19.6 Å². The number of fused-ring (bicyclic) bond motifs is 21. The third-order valence-corrected chi connectivity index (χ3v) is 15.2. The van der Waals surface area contributed by atoms with Crippen molar-refractivity contribution in [3.8, 4) is 55.6 Å². The summed E-state index contributed by atoms with van der Waals surface area (Å²) >= 11 is 0. The zero-order valence-corrected chi connectivity index (χ0v) is 38.1. The Kier molecular flexibility index (Phi) is 8.28. The highest BCUT2D eigenvalue weighted by molar-refractivity contribution is 6.16. The first-order valence-electron chi connectivity index (χ1n) is 24.2. The van der Waals surface area contributed by atoms with Gasteiger partial charge in [0.15, 0.2) is 0 Å². The lowest BCUT2D eigenvalue weighted by molar-refractivity contribution is 0.668. The van der Waals surface area contributed by atoms with Crippen LogP contribution in [0.15, 0.2) is 259 Å². The Morgan fingerprint density at radius 1 is 0.314 bits per heavy atom. The van der Waals surface area contributed by atoms with Gasteiger partial charge in [-0.15, -0.1) is 0 Å². The smallest absolute Gasteiger partial charge is 0.136 e. The Balaban J connectivity index is 1.00. The van der Waals surface area contributed by atoms with Gasteiger partial charge in [0.05, 0.1) is 16.8 Å². The molecule has 15 rings (SSSR count). The van der Waals surface area contributed by atoms with Crippen molar-refractivity contribution in [1.29, 1.82) is 0 Å². The SMILES string of the molecule is c1ccc(N(c2ccc3c(c2)-c2ccccc2N(c2ccccc2)c2ccccc2-3)c2ccc3c(c2)-c2ccccc2-c2ccccc2C32c3ccccc3-c3c2ccc2oc4ccccc4c32)cc1. The van der Waals surface area contributed by atoms with E-state index in [-0.39, 0.29) is 0 Å². The average Bonchev–Trinajstić information content (AvgIpc) is 3.89. The van der Waals surface area contributed by atoms with Crippen molar-refractivity contribution in [2.24, 2.45) is 0 Å². The minimum Gasteiger partial charge on any atom is -0.456 e. The van der Waals surface area contributed by atoms with Crippen LogP contribution in [0.2, 0.25) is 0 Å². The summed E-state index contributed by atoms with van der Waals surface area (Å²) in [6.07, 6.45) is 0. The fourth-order valence-electron chi connectivity index (χ4n) is 12.5. The molecule has 3 aliphatic rings. The number of hydrogen-bond donors (Lipinski definition) is 0. The maximum atomic E-state index is 6.60. The highest BCUT2D eigenvalue weighted by Crippen LogP contribution is 2.64. The summed E-state index contributed by atoms with van der Waals surface area (Å²) in [5.41, 5.74) is 25.1. The molecule has 1 aliphatic heterocycles. The molecule has 0 N–H and O–H groups in total. The molecule has 326 valence electrons. The van der Waals surface area contributed by atoms with Gasteiger partial charge in [0, 0.05) is 44.6 Å². The largest absolute Gasteiger partial charge is 0.456 e. The quantitative estimate of drug-likeness (QED) is 0.176. The van der Waals surface area contributed by atoms with Crippen LogP contribution in [0.3, 0.4) is 0 Å². The molecule has 2 aliphatic carbocycles. The van der Waals surface area contributed by atoms with Gasteiger partial charge in [-0.25, -0.2) is 0 Å². The second kappa shape index (κ2) is 14.9. The highest BCUT2D eigenvalue weighted by atomic mass is 16.3. The second-order valence-corrected chi connectivity index (χ2v) is 18.7. The van der Waals surface area contributed by atoms with E-state index < -0.39 is 5.41 Å². The van der Waals surface area contributed by atoms with Gasteiger partial charge in [-0.05, 0) is 140 Å². The minimum absolute atomic E-state index is 0.647. The van der Waals surface area contributed by atoms with E-state index in [1.165, 1.54) is 83.3 Å². The maximum Gasteiger partial charge on any atom is 0.136 e. The first kappa shape index (κ1) is 38.9. The summed E-state index contributed by atoms with van der Waals surface area (Å²) in [6, 6.07) is 93.9. The van der Waals surface area contributed by atoms with Crippen LogP contribution in [0, 0.1) is 0 Å². The van der Waals surface area contributed by atoms with Crippen molar-refractivity contribution >= 4 is 56.1 Å². The molecule has 3 heteroatoms. The van der Waals surface area contributed by atoms with Crippen LogP contribution in [-0.2, 0) is 5.41 Å². The monoisotopic (exact) mass is 890 g/mol. The Hall–Kier alpha value is -9.18. The summed E-state index contributed by atoms with van der Waals surface area (Å²) < 4.78 is 6.60. The van der Waals surface area contributed by atoms with E-state index in [9.17, 15) is 0 Å². The number of nitrogens with zero attached hydrogens (tertiary/aromatic N) is 2. The van der Waals surface area contributed by atoms with Crippen molar-refractivity contribution in [3.05, 3.63) is 277 Å². The van der Waals surface area contributed by atoms with E-state index in [4.69, 9.17) is 4.42 Å². The van der Waals surface area contributed by atoms with E-state index in [1.807, 2.05) is 0 Å². The van der Waals surface area contributed by atoms with Gasteiger partial charge >= 0.3 is 0 Å². The molecule has 0 bridgehead atoms. The average molecular weight is 891 g/mol. The molecular weight excluding hydrogens is 849 g/mol. The van der Waals surface area contributed by atoms with Crippen LogP contribution >= 0.6 is 0 Å². The molecule has 0 fully saturated rings. The molecule has 1 aromatic heterocycles. The molecule has 0 saturated heterocycles. The summed E-state index contributed by atoms with van der Waals surface area (Å²) in [7, 11) is 0.